The molecule has 1 unspecified atom stereocenters. The summed E-state index contributed by atoms with van der Waals surface area (Å²) >= 11 is 0. The first kappa shape index (κ1) is 14.9. The summed E-state index contributed by atoms with van der Waals surface area (Å²) in [6.07, 6.45) is -0.692. The van der Waals surface area contributed by atoms with Crippen molar-refractivity contribution in [1.82, 2.24) is 4.90 Å². The van der Waals surface area contributed by atoms with Gasteiger partial charge in [-0.1, -0.05) is 0 Å². The summed E-state index contributed by atoms with van der Waals surface area (Å²) < 4.78 is 5.29. The number of aliphatic carboxylic acids is 1. The highest BCUT2D eigenvalue weighted by Crippen LogP contribution is 2.16. The molecule has 0 saturated carbocycles. The quantitative estimate of drug-likeness (QED) is 0.653. The zero-order valence-corrected chi connectivity index (χ0v) is 11.1. The summed E-state index contributed by atoms with van der Waals surface area (Å²) in [5.74, 6) is -1.27. The molecule has 1 saturated heterocycles. The number of benzene rings is 1. The summed E-state index contributed by atoms with van der Waals surface area (Å²) in [6, 6.07) is 5.31. The number of rotatable bonds is 4. The largest absolute Gasteiger partial charge is 0.481 e. The molecule has 8 heteroatoms. The lowest BCUT2D eigenvalue weighted by atomic mass is 10.1. The van der Waals surface area contributed by atoms with Crippen molar-refractivity contribution in [2.45, 2.75) is 12.5 Å². The molecule has 0 aliphatic carbocycles. The number of morpholine rings is 1. The third-order valence-corrected chi connectivity index (χ3v) is 3.15. The molecule has 0 radical (unpaired) electrons. The molecule has 1 heterocycles. The molecule has 8 nitrogen and oxygen atoms in total. The second-order valence-electron chi connectivity index (χ2n) is 4.65. The van der Waals surface area contributed by atoms with Crippen molar-refractivity contribution in [3.05, 3.63) is 39.9 Å². The highest BCUT2D eigenvalue weighted by Gasteiger charge is 2.26. The number of hydrogen-bond donors (Lipinski definition) is 1. The number of ether oxygens (including phenoxy) is 1. The van der Waals surface area contributed by atoms with Crippen molar-refractivity contribution >= 4 is 17.6 Å². The smallest absolute Gasteiger partial charge is 0.306 e. The SMILES string of the molecule is O=C(O)CC1CN(C(=O)c2ccc([N+](=O)[O-])cc2)CCO1. The number of non-ortho nitro benzene ring substituents is 1. The first-order valence-corrected chi connectivity index (χ1v) is 6.34. The Morgan fingerprint density at radius 2 is 2.05 bits per heavy atom. The number of carboxylic acid groups (broad SMARTS) is 1. The van der Waals surface area contributed by atoms with Crippen LogP contribution in [0.15, 0.2) is 24.3 Å². The van der Waals surface area contributed by atoms with Crippen molar-refractivity contribution in [2.24, 2.45) is 0 Å². The van der Waals surface area contributed by atoms with Crippen LogP contribution in [0.1, 0.15) is 16.8 Å². The van der Waals surface area contributed by atoms with Gasteiger partial charge in [0.25, 0.3) is 11.6 Å². The second kappa shape index (κ2) is 6.31. The van der Waals surface area contributed by atoms with E-state index in [1.165, 1.54) is 29.2 Å². The maximum absolute atomic E-state index is 12.3. The number of nitro groups is 1. The molecule has 0 bridgehead atoms. The molecule has 2 rings (SSSR count). The van der Waals surface area contributed by atoms with Crippen LogP contribution in [0, 0.1) is 10.1 Å². The first-order valence-electron chi connectivity index (χ1n) is 6.34. The molecule has 1 aromatic rings. The van der Waals surface area contributed by atoms with E-state index >= 15 is 0 Å². The number of hydrogen-bond acceptors (Lipinski definition) is 5. The average molecular weight is 294 g/mol. The fourth-order valence-electron chi connectivity index (χ4n) is 2.13. The summed E-state index contributed by atoms with van der Waals surface area (Å²) in [6.45, 7) is 0.838. The summed E-state index contributed by atoms with van der Waals surface area (Å²) in [5, 5.41) is 19.3. The van der Waals surface area contributed by atoms with Gasteiger partial charge in [0.1, 0.15) is 0 Å². The van der Waals surface area contributed by atoms with Crippen LogP contribution in [0.3, 0.4) is 0 Å². The summed E-state index contributed by atoms with van der Waals surface area (Å²) in [7, 11) is 0. The molecule has 112 valence electrons. The van der Waals surface area contributed by atoms with Crippen LogP contribution < -0.4 is 0 Å². The van der Waals surface area contributed by atoms with Gasteiger partial charge in [-0.05, 0) is 12.1 Å². The van der Waals surface area contributed by atoms with Crippen molar-refractivity contribution < 1.29 is 24.4 Å². The monoisotopic (exact) mass is 294 g/mol. The van der Waals surface area contributed by atoms with E-state index in [1.807, 2.05) is 0 Å². The van der Waals surface area contributed by atoms with Crippen LogP contribution in [0.5, 0.6) is 0 Å². The predicted octanol–water partition coefficient (Wildman–Crippen LogP) is 0.910. The highest BCUT2D eigenvalue weighted by molar-refractivity contribution is 5.94. The molecule has 1 aliphatic heterocycles. The minimum absolute atomic E-state index is 0.0859. The molecule has 21 heavy (non-hydrogen) atoms. The fraction of sp³-hybridized carbons (Fsp3) is 0.385. The zero-order valence-electron chi connectivity index (χ0n) is 11.1. The van der Waals surface area contributed by atoms with E-state index in [2.05, 4.69) is 0 Å². The average Bonchev–Trinajstić information content (AvgIpc) is 2.46. The van der Waals surface area contributed by atoms with E-state index in [-0.39, 0.29) is 31.2 Å². The lowest BCUT2D eigenvalue weighted by Crippen LogP contribution is -2.46. The van der Waals surface area contributed by atoms with Crippen LogP contribution in [-0.4, -0.2) is 52.6 Å². The minimum atomic E-state index is -0.982. The Morgan fingerprint density at radius 3 is 2.62 bits per heavy atom. The maximum atomic E-state index is 12.3. The lowest BCUT2D eigenvalue weighted by molar-refractivity contribution is -0.384. The third kappa shape index (κ3) is 3.76. The Morgan fingerprint density at radius 1 is 1.38 bits per heavy atom. The van der Waals surface area contributed by atoms with Gasteiger partial charge < -0.3 is 14.7 Å². The highest BCUT2D eigenvalue weighted by atomic mass is 16.6. The van der Waals surface area contributed by atoms with Crippen molar-refractivity contribution in [3.63, 3.8) is 0 Å². The number of nitro benzene ring substituents is 1. The summed E-state index contributed by atoms with van der Waals surface area (Å²) in [4.78, 5) is 34.5. The van der Waals surface area contributed by atoms with Crippen LogP contribution in [0.2, 0.25) is 0 Å². The molecule has 1 aromatic carbocycles. The van der Waals surface area contributed by atoms with Gasteiger partial charge in [-0.3, -0.25) is 19.7 Å². The van der Waals surface area contributed by atoms with Gasteiger partial charge in [-0.2, -0.15) is 0 Å². The van der Waals surface area contributed by atoms with Gasteiger partial charge in [0, 0.05) is 30.8 Å². The molecular formula is C13H14N2O6. The Balaban J connectivity index is 2.04. The number of amides is 1. The van der Waals surface area contributed by atoms with E-state index in [0.29, 0.717) is 12.1 Å². The van der Waals surface area contributed by atoms with E-state index in [0.717, 1.165) is 0 Å². The second-order valence-corrected chi connectivity index (χ2v) is 4.65. The number of carboxylic acids is 1. The Hall–Kier alpha value is -2.48. The standard InChI is InChI=1S/C13H14N2O6/c16-12(17)7-11-8-14(5-6-21-11)13(18)9-1-3-10(4-2-9)15(19)20/h1-4,11H,5-8H2,(H,16,17). The number of carbonyl (C=O) groups excluding carboxylic acids is 1. The lowest BCUT2D eigenvalue weighted by Gasteiger charge is -2.32. The number of carbonyl (C=O) groups is 2. The van der Waals surface area contributed by atoms with Crippen LogP contribution in [-0.2, 0) is 9.53 Å². The molecule has 1 fully saturated rings. The minimum Gasteiger partial charge on any atom is -0.481 e. The van der Waals surface area contributed by atoms with Gasteiger partial charge in [-0.15, -0.1) is 0 Å². The van der Waals surface area contributed by atoms with Crippen molar-refractivity contribution in [3.8, 4) is 0 Å². The topological polar surface area (TPSA) is 110 Å². The van der Waals surface area contributed by atoms with Gasteiger partial charge >= 0.3 is 5.97 Å². The summed E-state index contributed by atoms with van der Waals surface area (Å²) in [5.41, 5.74) is 0.244. The van der Waals surface area contributed by atoms with E-state index < -0.39 is 17.0 Å². The van der Waals surface area contributed by atoms with E-state index in [9.17, 15) is 19.7 Å². The molecule has 1 aliphatic rings. The van der Waals surface area contributed by atoms with Crippen LogP contribution in [0.4, 0.5) is 5.69 Å². The molecule has 0 spiro atoms. The normalized spacial score (nSPS) is 18.3. The van der Waals surface area contributed by atoms with Gasteiger partial charge in [-0.25, -0.2) is 0 Å². The molecule has 1 atom stereocenters. The molecule has 1 N–H and O–H groups in total. The Labute approximate surface area is 120 Å². The van der Waals surface area contributed by atoms with E-state index in [4.69, 9.17) is 9.84 Å². The van der Waals surface area contributed by atoms with Crippen molar-refractivity contribution in [1.29, 1.82) is 0 Å². The fourth-order valence-corrected chi connectivity index (χ4v) is 2.13. The van der Waals surface area contributed by atoms with E-state index in [1.54, 1.807) is 0 Å². The van der Waals surface area contributed by atoms with Crippen LogP contribution >= 0.6 is 0 Å². The third-order valence-electron chi connectivity index (χ3n) is 3.15. The van der Waals surface area contributed by atoms with Gasteiger partial charge in [0.15, 0.2) is 0 Å². The van der Waals surface area contributed by atoms with Crippen LogP contribution in [0.25, 0.3) is 0 Å². The Kier molecular flexibility index (Phi) is 4.49. The van der Waals surface area contributed by atoms with Crippen molar-refractivity contribution in [2.75, 3.05) is 19.7 Å². The maximum Gasteiger partial charge on any atom is 0.306 e. The number of nitrogens with zero attached hydrogens (tertiary/aromatic N) is 2. The Bertz CT molecular complexity index is 556. The zero-order chi connectivity index (χ0) is 15.4. The van der Waals surface area contributed by atoms with Gasteiger partial charge in [0.2, 0.25) is 0 Å². The molecule has 0 aromatic heterocycles. The molecular weight excluding hydrogens is 280 g/mol. The first-order chi connectivity index (χ1) is 9.97. The molecule has 1 amide bonds. The predicted molar refractivity (Wildman–Crippen MR) is 71.0 cm³/mol. The van der Waals surface area contributed by atoms with Gasteiger partial charge in [0.05, 0.1) is 24.1 Å².